The van der Waals surface area contributed by atoms with Gasteiger partial charge < -0.3 is 14.1 Å². The third kappa shape index (κ3) is 2.23. The first-order chi connectivity index (χ1) is 10.1. The third-order valence-corrected chi connectivity index (χ3v) is 4.05. The molecule has 3 rings (SSSR count). The van der Waals surface area contributed by atoms with E-state index in [2.05, 4.69) is 0 Å². The maximum atomic E-state index is 12.1. The number of hydrogen-bond acceptors (Lipinski definition) is 5. The van der Waals surface area contributed by atoms with Gasteiger partial charge in [-0.15, -0.1) is 0 Å². The summed E-state index contributed by atoms with van der Waals surface area (Å²) in [4.78, 5) is 25.5. The molecular formula is C16H17NO4. The highest BCUT2D eigenvalue weighted by Crippen LogP contribution is 2.31. The van der Waals surface area contributed by atoms with Crippen molar-refractivity contribution in [3.8, 4) is 0 Å². The minimum atomic E-state index is -0.576. The van der Waals surface area contributed by atoms with E-state index in [-0.39, 0.29) is 5.56 Å². The quantitative estimate of drug-likeness (QED) is 0.625. The van der Waals surface area contributed by atoms with Crippen molar-refractivity contribution < 1.29 is 13.9 Å². The minimum absolute atomic E-state index is 0.0904. The number of fused-ring (bicyclic) bond motifs is 1. The predicted molar refractivity (Wildman–Crippen MR) is 80.4 cm³/mol. The number of aryl methyl sites for hydroxylation is 2. The zero-order chi connectivity index (χ0) is 15.0. The Balaban J connectivity index is 2.35. The van der Waals surface area contributed by atoms with Crippen LogP contribution in [0.4, 0.5) is 5.69 Å². The van der Waals surface area contributed by atoms with E-state index in [1.807, 2.05) is 30.9 Å². The molecule has 1 aromatic heterocycles. The van der Waals surface area contributed by atoms with Crippen molar-refractivity contribution in [2.75, 3.05) is 31.2 Å². The van der Waals surface area contributed by atoms with Crippen molar-refractivity contribution in [2.24, 2.45) is 0 Å². The normalized spacial score (nSPS) is 15.4. The lowest BCUT2D eigenvalue weighted by atomic mass is 10.0. The van der Waals surface area contributed by atoms with Gasteiger partial charge in [0, 0.05) is 18.5 Å². The van der Waals surface area contributed by atoms with Gasteiger partial charge >= 0.3 is 5.63 Å². The SMILES string of the molecule is Cc1ccc2c(N3CCOCC3)c(C=O)c(=O)oc2c1C. The zero-order valence-corrected chi connectivity index (χ0v) is 12.1. The molecule has 110 valence electrons. The number of morpholine rings is 1. The number of nitrogens with zero attached hydrogens (tertiary/aromatic N) is 1. The van der Waals surface area contributed by atoms with Gasteiger partial charge in [0.15, 0.2) is 6.29 Å². The Kier molecular flexibility index (Phi) is 3.51. The summed E-state index contributed by atoms with van der Waals surface area (Å²) in [6, 6.07) is 3.90. The number of rotatable bonds is 2. The summed E-state index contributed by atoms with van der Waals surface area (Å²) in [6.45, 7) is 6.38. The third-order valence-electron chi connectivity index (χ3n) is 4.05. The standard InChI is InChI=1S/C16H17NO4/c1-10-3-4-12-14(17-5-7-20-8-6-17)13(9-18)16(19)21-15(12)11(10)2/h3-4,9H,5-8H2,1-2H3. The molecule has 0 bridgehead atoms. The van der Waals surface area contributed by atoms with Gasteiger partial charge in [-0.25, -0.2) is 4.79 Å². The highest BCUT2D eigenvalue weighted by Gasteiger charge is 2.22. The molecule has 0 saturated carbocycles. The highest BCUT2D eigenvalue weighted by molar-refractivity contribution is 6.00. The number of hydrogen-bond donors (Lipinski definition) is 0. The maximum absolute atomic E-state index is 12.1. The number of aldehydes is 1. The molecule has 0 aliphatic carbocycles. The smallest absolute Gasteiger partial charge is 0.349 e. The van der Waals surface area contributed by atoms with E-state index in [1.54, 1.807) is 0 Å². The molecule has 2 aromatic rings. The fraction of sp³-hybridized carbons (Fsp3) is 0.375. The Morgan fingerprint density at radius 2 is 1.90 bits per heavy atom. The van der Waals surface area contributed by atoms with Crippen LogP contribution in [0.25, 0.3) is 11.0 Å². The summed E-state index contributed by atoms with van der Waals surface area (Å²) in [7, 11) is 0. The Hall–Kier alpha value is -2.14. The molecule has 1 aliphatic rings. The largest absolute Gasteiger partial charge is 0.422 e. The van der Waals surface area contributed by atoms with Gasteiger partial charge in [-0.05, 0) is 31.0 Å². The Labute approximate surface area is 122 Å². The van der Waals surface area contributed by atoms with Gasteiger partial charge in [-0.3, -0.25) is 4.79 Å². The molecule has 2 heterocycles. The van der Waals surface area contributed by atoms with Crippen LogP contribution in [0.5, 0.6) is 0 Å². The molecule has 0 spiro atoms. The first-order valence-corrected chi connectivity index (χ1v) is 6.98. The van der Waals surface area contributed by atoms with Gasteiger partial charge in [-0.1, -0.05) is 6.07 Å². The molecule has 5 heteroatoms. The topological polar surface area (TPSA) is 59.8 Å². The van der Waals surface area contributed by atoms with Crippen LogP contribution in [0.1, 0.15) is 21.5 Å². The van der Waals surface area contributed by atoms with Crippen LogP contribution in [0, 0.1) is 13.8 Å². The summed E-state index contributed by atoms with van der Waals surface area (Å²) < 4.78 is 10.7. The number of ether oxygens (including phenoxy) is 1. The van der Waals surface area contributed by atoms with E-state index in [0.717, 1.165) is 16.5 Å². The van der Waals surface area contributed by atoms with E-state index >= 15 is 0 Å². The second-order valence-corrected chi connectivity index (χ2v) is 5.25. The lowest BCUT2D eigenvalue weighted by molar-refractivity contribution is 0.111. The van der Waals surface area contributed by atoms with E-state index in [9.17, 15) is 9.59 Å². The summed E-state index contributed by atoms with van der Waals surface area (Å²) in [6.07, 6.45) is 0.589. The molecule has 1 saturated heterocycles. The van der Waals surface area contributed by atoms with E-state index in [1.165, 1.54) is 0 Å². The van der Waals surface area contributed by atoms with Gasteiger partial charge in [0.25, 0.3) is 0 Å². The van der Waals surface area contributed by atoms with Crippen molar-refractivity contribution in [2.45, 2.75) is 13.8 Å². The number of carbonyl (C=O) groups is 1. The van der Waals surface area contributed by atoms with E-state index in [0.29, 0.717) is 43.9 Å². The van der Waals surface area contributed by atoms with Crippen molar-refractivity contribution >= 4 is 22.9 Å². The Bertz CT molecular complexity index is 757. The first-order valence-electron chi connectivity index (χ1n) is 6.98. The van der Waals surface area contributed by atoms with Crippen LogP contribution in [-0.4, -0.2) is 32.6 Å². The van der Waals surface area contributed by atoms with Crippen LogP contribution >= 0.6 is 0 Å². The zero-order valence-electron chi connectivity index (χ0n) is 12.1. The molecule has 0 atom stereocenters. The lowest BCUT2D eigenvalue weighted by Gasteiger charge is -2.30. The summed E-state index contributed by atoms with van der Waals surface area (Å²) >= 11 is 0. The Morgan fingerprint density at radius 1 is 1.19 bits per heavy atom. The van der Waals surface area contributed by atoms with Crippen molar-refractivity contribution in [1.29, 1.82) is 0 Å². The molecule has 21 heavy (non-hydrogen) atoms. The molecule has 0 radical (unpaired) electrons. The maximum Gasteiger partial charge on any atom is 0.349 e. The van der Waals surface area contributed by atoms with Crippen LogP contribution in [0.15, 0.2) is 21.3 Å². The molecule has 0 amide bonds. The second-order valence-electron chi connectivity index (χ2n) is 5.25. The molecule has 1 fully saturated rings. The van der Waals surface area contributed by atoms with Crippen LogP contribution in [0.2, 0.25) is 0 Å². The first kappa shape index (κ1) is 13.8. The molecule has 0 unspecified atom stereocenters. The number of carbonyl (C=O) groups excluding carboxylic acids is 1. The van der Waals surface area contributed by atoms with Gasteiger partial charge in [0.2, 0.25) is 0 Å². The van der Waals surface area contributed by atoms with E-state index < -0.39 is 5.63 Å². The second kappa shape index (κ2) is 5.33. The van der Waals surface area contributed by atoms with Crippen LogP contribution in [0.3, 0.4) is 0 Å². The summed E-state index contributed by atoms with van der Waals surface area (Å²) in [5, 5.41) is 0.807. The lowest BCUT2D eigenvalue weighted by Crippen LogP contribution is -2.37. The number of anilines is 1. The van der Waals surface area contributed by atoms with Gasteiger partial charge in [-0.2, -0.15) is 0 Å². The van der Waals surface area contributed by atoms with Crippen molar-refractivity contribution in [3.05, 3.63) is 39.2 Å². The van der Waals surface area contributed by atoms with Gasteiger partial charge in [0.1, 0.15) is 11.1 Å². The molecule has 0 N–H and O–H groups in total. The van der Waals surface area contributed by atoms with Crippen molar-refractivity contribution in [3.63, 3.8) is 0 Å². The number of benzene rings is 1. The minimum Gasteiger partial charge on any atom is -0.422 e. The van der Waals surface area contributed by atoms with Crippen LogP contribution < -0.4 is 10.5 Å². The molecular weight excluding hydrogens is 270 g/mol. The fourth-order valence-corrected chi connectivity index (χ4v) is 2.73. The van der Waals surface area contributed by atoms with Crippen LogP contribution in [-0.2, 0) is 4.74 Å². The average molecular weight is 287 g/mol. The fourth-order valence-electron chi connectivity index (χ4n) is 2.73. The average Bonchev–Trinajstić information content (AvgIpc) is 2.51. The van der Waals surface area contributed by atoms with Crippen molar-refractivity contribution in [1.82, 2.24) is 0 Å². The molecule has 1 aromatic carbocycles. The van der Waals surface area contributed by atoms with E-state index in [4.69, 9.17) is 9.15 Å². The monoisotopic (exact) mass is 287 g/mol. The Morgan fingerprint density at radius 3 is 2.57 bits per heavy atom. The molecule has 1 aliphatic heterocycles. The van der Waals surface area contributed by atoms with Gasteiger partial charge in [0.05, 0.1) is 18.9 Å². The molecule has 5 nitrogen and oxygen atoms in total. The predicted octanol–water partition coefficient (Wildman–Crippen LogP) is 2.06. The summed E-state index contributed by atoms with van der Waals surface area (Å²) in [5.74, 6) is 0. The highest BCUT2D eigenvalue weighted by atomic mass is 16.5. The summed E-state index contributed by atoms with van der Waals surface area (Å²) in [5.41, 5.74) is 2.73.